The minimum Gasteiger partial charge on any atom is -0.463 e. The van der Waals surface area contributed by atoms with Gasteiger partial charge in [0.2, 0.25) is 11.9 Å². The van der Waals surface area contributed by atoms with Crippen LogP contribution in [0.3, 0.4) is 0 Å². The van der Waals surface area contributed by atoms with E-state index in [9.17, 15) is 4.79 Å². The Bertz CT molecular complexity index is 1090. The lowest BCUT2D eigenvalue weighted by Crippen LogP contribution is -2.14. The van der Waals surface area contributed by atoms with Crippen molar-refractivity contribution < 1.29 is 9.21 Å². The second-order valence-corrected chi connectivity index (χ2v) is 5.79. The zero-order valence-electron chi connectivity index (χ0n) is 13.7. The molecule has 0 saturated carbocycles. The maximum absolute atomic E-state index is 11.1. The Morgan fingerprint density at radius 2 is 2.00 bits per heavy atom. The number of fused-ring (bicyclic) bond motifs is 1. The lowest BCUT2D eigenvalue weighted by Gasteiger charge is -2.05. The summed E-state index contributed by atoms with van der Waals surface area (Å²) in [5.41, 5.74) is 14.4. The van der Waals surface area contributed by atoms with Crippen LogP contribution in [0.2, 0.25) is 0 Å². The van der Waals surface area contributed by atoms with Crippen LogP contribution in [0, 0.1) is 0 Å². The number of carbonyl (C=O) groups is 1. The highest BCUT2D eigenvalue weighted by Gasteiger charge is 2.17. The highest BCUT2D eigenvalue weighted by Crippen LogP contribution is 2.25. The molecule has 0 radical (unpaired) electrons. The van der Waals surface area contributed by atoms with Crippen LogP contribution >= 0.6 is 0 Å². The number of hydrogen-bond donors (Lipinski definition) is 2. The largest absolute Gasteiger partial charge is 0.463 e. The number of primary amides is 1. The summed E-state index contributed by atoms with van der Waals surface area (Å²) in [6.07, 6.45) is 1.73. The van der Waals surface area contributed by atoms with Crippen LogP contribution in [0.4, 0.5) is 5.95 Å². The van der Waals surface area contributed by atoms with Crippen molar-refractivity contribution in [1.29, 1.82) is 0 Å². The molecule has 9 heteroatoms. The first kappa shape index (κ1) is 15.8. The van der Waals surface area contributed by atoms with E-state index in [4.69, 9.17) is 15.9 Å². The van der Waals surface area contributed by atoms with Crippen molar-refractivity contribution in [2.45, 2.75) is 13.0 Å². The molecule has 0 aliphatic rings. The molecule has 0 atom stereocenters. The molecule has 3 heterocycles. The predicted molar refractivity (Wildman–Crippen MR) is 93.7 cm³/mol. The van der Waals surface area contributed by atoms with Gasteiger partial charge in [-0.15, -0.1) is 5.10 Å². The van der Waals surface area contributed by atoms with Gasteiger partial charge in [0.1, 0.15) is 5.69 Å². The van der Waals surface area contributed by atoms with E-state index < -0.39 is 0 Å². The normalized spacial score (nSPS) is 11.1. The monoisotopic (exact) mass is 349 g/mol. The van der Waals surface area contributed by atoms with Gasteiger partial charge >= 0.3 is 0 Å². The van der Waals surface area contributed by atoms with Gasteiger partial charge in [0.25, 0.3) is 0 Å². The van der Waals surface area contributed by atoms with Crippen molar-refractivity contribution in [2.24, 2.45) is 5.73 Å². The van der Waals surface area contributed by atoms with Crippen molar-refractivity contribution in [3.05, 3.63) is 53.8 Å². The van der Waals surface area contributed by atoms with Gasteiger partial charge in [0.15, 0.2) is 16.9 Å². The number of carbonyl (C=O) groups excluding carboxylic acids is 1. The van der Waals surface area contributed by atoms with Crippen molar-refractivity contribution in [1.82, 2.24) is 25.0 Å². The van der Waals surface area contributed by atoms with E-state index in [1.807, 2.05) is 24.3 Å². The molecule has 0 aliphatic carbocycles. The van der Waals surface area contributed by atoms with Crippen LogP contribution in [0.1, 0.15) is 11.1 Å². The molecule has 0 fully saturated rings. The lowest BCUT2D eigenvalue weighted by atomic mass is 10.1. The first-order valence-corrected chi connectivity index (χ1v) is 7.87. The van der Waals surface area contributed by atoms with Crippen LogP contribution in [0.15, 0.2) is 47.1 Å². The highest BCUT2D eigenvalue weighted by atomic mass is 16.3. The van der Waals surface area contributed by atoms with Crippen molar-refractivity contribution >= 4 is 23.0 Å². The zero-order chi connectivity index (χ0) is 18.1. The fourth-order valence-electron chi connectivity index (χ4n) is 2.78. The molecular formula is C17H15N7O2. The van der Waals surface area contributed by atoms with Gasteiger partial charge in [-0.1, -0.05) is 29.5 Å². The minimum absolute atomic E-state index is 0.106. The molecule has 26 heavy (non-hydrogen) atoms. The van der Waals surface area contributed by atoms with Crippen LogP contribution in [0.25, 0.3) is 22.6 Å². The SMILES string of the molecule is NC(=O)Cc1cccc(Cn2nnc3c(-c4ccco4)nc(N)nc32)c1. The Morgan fingerprint density at radius 3 is 2.77 bits per heavy atom. The average molecular weight is 349 g/mol. The average Bonchev–Trinajstić information content (AvgIpc) is 3.25. The van der Waals surface area contributed by atoms with Crippen LogP contribution in [-0.2, 0) is 17.8 Å². The standard InChI is InChI=1S/C17H15N7O2/c18-13(25)8-10-3-1-4-11(7-10)9-24-16-15(22-23-24)14(20-17(19)21-16)12-5-2-6-26-12/h1-7H,8-9H2,(H2,18,25)(H2,19,20,21). The second kappa shape index (κ2) is 6.28. The molecule has 130 valence electrons. The fraction of sp³-hybridized carbons (Fsp3) is 0.118. The van der Waals surface area contributed by atoms with Crippen molar-refractivity contribution in [2.75, 3.05) is 5.73 Å². The predicted octanol–water partition coefficient (Wildman–Crippen LogP) is 1.14. The lowest BCUT2D eigenvalue weighted by molar-refractivity contribution is -0.117. The van der Waals surface area contributed by atoms with E-state index >= 15 is 0 Å². The number of furan rings is 1. The molecule has 3 aromatic heterocycles. The molecular weight excluding hydrogens is 334 g/mol. The number of nitrogens with two attached hydrogens (primary N) is 2. The first-order chi connectivity index (χ1) is 12.6. The number of rotatable bonds is 5. The summed E-state index contributed by atoms with van der Waals surface area (Å²) < 4.78 is 7.02. The number of nitrogen functional groups attached to an aromatic ring is 1. The van der Waals surface area contributed by atoms with Gasteiger partial charge in [-0.2, -0.15) is 4.98 Å². The summed E-state index contributed by atoms with van der Waals surface area (Å²) in [6, 6.07) is 11.1. The van der Waals surface area contributed by atoms with Gasteiger partial charge in [0, 0.05) is 0 Å². The number of nitrogens with zero attached hydrogens (tertiary/aromatic N) is 5. The summed E-state index contributed by atoms with van der Waals surface area (Å²) in [5, 5.41) is 8.35. The second-order valence-electron chi connectivity index (χ2n) is 5.79. The van der Waals surface area contributed by atoms with Gasteiger partial charge in [-0.05, 0) is 23.3 Å². The van der Waals surface area contributed by atoms with Crippen LogP contribution in [-0.4, -0.2) is 30.9 Å². The van der Waals surface area contributed by atoms with Crippen LogP contribution < -0.4 is 11.5 Å². The van der Waals surface area contributed by atoms with Gasteiger partial charge in [-0.3, -0.25) is 4.79 Å². The molecule has 1 aromatic carbocycles. The van der Waals surface area contributed by atoms with Crippen molar-refractivity contribution in [3.63, 3.8) is 0 Å². The molecule has 0 spiro atoms. The van der Waals surface area contributed by atoms with Crippen molar-refractivity contribution in [3.8, 4) is 11.5 Å². The topological polar surface area (TPSA) is 139 Å². The van der Waals surface area contributed by atoms with E-state index in [0.717, 1.165) is 11.1 Å². The Balaban J connectivity index is 1.73. The number of anilines is 1. The Labute approximate surface area is 147 Å². The number of aromatic nitrogens is 5. The van der Waals surface area contributed by atoms with Crippen LogP contribution in [0.5, 0.6) is 0 Å². The third kappa shape index (κ3) is 2.97. The first-order valence-electron chi connectivity index (χ1n) is 7.87. The summed E-state index contributed by atoms with van der Waals surface area (Å²) in [7, 11) is 0. The molecule has 9 nitrogen and oxygen atoms in total. The van der Waals surface area contributed by atoms with Gasteiger partial charge in [-0.25, -0.2) is 9.67 Å². The molecule has 0 saturated heterocycles. The number of benzene rings is 1. The third-order valence-electron chi connectivity index (χ3n) is 3.84. The smallest absolute Gasteiger partial charge is 0.222 e. The van der Waals surface area contributed by atoms with E-state index in [1.165, 1.54) is 0 Å². The molecule has 4 aromatic rings. The Kier molecular flexibility index (Phi) is 3.81. The summed E-state index contributed by atoms with van der Waals surface area (Å²) in [5.74, 6) is 0.270. The maximum Gasteiger partial charge on any atom is 0.222 e. The molecule has 0 unspecified atom stereocenters. The summed E-state index contributed by atoms with van der Waals surface area (Å²) >= 11 is 0. The molecule has 1 amide bonds. The van der Waals surface area contributed by atoms with E-state index in [0.29, 0.717) is 29.2 Å². The Hall–Kier alpha value is -3.75. The van der Waals surface area contributed by atoms with E-state index in [1.54, 1.807) is 23.1 Å². The third-order valence-corrected chi connectivity index (χ3v) is 3.84. The Morgan fingerprint density at radius 1 is 1.15 bits per heavy atom. The molecule has 0 bridgehead atoms. The summed E-state index contributed by atoms with van der Waals surface area (Å²) in [6.45, 7) is 0.414. The minimum atomic E-state index is -0.378. The summed E-state index contributed by atoms with van der Waals surface area (Å²) in [4.78, 5) is 19.6. The number of hydrogen-bond acceptors (Lipinski definition) is 7. The fourth-order valence-corrected chi connectivity index (χ4v) is 2.78. The van der Waals surface area contributed by atoms with Gasteiger partial charge < -0.3 is 15.9 Å². The number of amides is 1. The van der Waals surface area contributed by atoms with E-state index in [2.05, 4.69) is 20.3 Å². The zero-order valence-corrected chi connectivity index (χ0v) is 13.7. The quantitative estimate of drug-likeness (QED) is 0.550. The van der Waals surface area contributed by atoms with E-state index in [-0.39, 0.29) is 18.3 Å². The molecule has 4 N–H and O–H groups in total. The maximum atomic E-state index is 11.1. The molecule has 0 aliphatic heterocycles. The van der Waals surface area contributed by atoms with Gasteiger partial charge in [0.05, 0.1) is 19.2 Å². The molecule has 4 rings (SSSR count). The highest BCUT2D eigenvalue weighted by molar-refractivity contribution is 5.85.